The largest absolute Gasteiger partial charge is 0.376 e. The lowest BCUT2D eigenvalue weighted by Crippen LogP contribution is -2.54. The minimum atomic E-state index is -3.61. The van der Waals surface area contributed by atoms with Gasteiger partial charge in [-0.2, -0.15) is 4.31 Å². The molecule has 0 spiro atoms. The first-order chi connectivity index (χ1) is 11.5. The highest BCUT2D eigenvalue weighted by molar-refractivity contribution is 7.91. The van der Waals surface area contributed by atoms with E-state index in [-0.39, 0.29) is 18.1 Å². The Morgan fingerprint density at radius 1 is 1.38 bits per heavy atom. The molecule has 2 aliphatic heterocycles. The van der Waals surface area contributed by atoms with E-state index >= 15 is 0 Å². The van der Waals surface area contributed by atoms with E-state index in [4.69, 9.17) is 4.74 Å². The van der Waals surface area contributed by atoms with Crippen LogP contribution in [0, 0.1) is 0 Å². The smallest absolute Gasteiger partial charge is 0.253 e. The number of piperidine rings is 1. The van der Waals surface area contributed by atoms with Crippen LogP contribution in [0.25, 0.3) is 0 Å². The molecule has 1 amide bonds. The van der Waals surface area contributed by atoms with Crippen LogP contribution >= 0.6 is 11.3 Å². The fraction of sp³-hybridized carbons (Fsp3) is 0.688. The summed E-state index contributed by atoms with van der Waals surface area (Å²) in [4.78, 5) is 12.7. The van der Waals surface area contributed by atoms with E-state index in [1.54, 1.807) is 17.5 Å². The average Bonchev–Trinajstić information content (AvgIpc) is 3.28. The van der Waals surface area contributed by atoms with E-state index in [0.717, 1.165) is 32.3 Å². The van der Waals surface area contributed by atoms with Gasteiger partial charge in [-0.25, -0.2) is 8.42 Å². The second kappa shape index (κ2) is 7.51. The van der Waals surface area contributed by atoms with Crippen LogP contribution in [-0.2, 0) is 19.6 Å². The lowest BCUT2D eigenvalue weighted by molar-refractivity contribution is -0.127. The predicted molar refractivity (Wildman–Crippen MR) is 92.4 cm³/mol. The fourth-order valence-electron chi connectivity index (χ4n) is 3.39. The molecule has 6 nitrogen and oxygen atoms in total. The predicted octanol–water partition coefficient (Wildman–Crippen LogP) is 1.97. The average molecular weight is 373 g/mol. The summed E-state index contributed by atoms with van der Waals surface area (Å²) in [6.45, 7) is 3.05. The summed E-state index contributed by atoms with van der Waals surface area (Å²) >= 11 is 1.19. The van der Waals surface area contributed by atoms with E-state index in [1.807, 2.05) is 6.92 Å². The van der Waals surface area contributed by atoms with Crippen LogP contribution in [0.4, 0.5) is 0 Å². The Bertz CT molecular complexity index is 654. The normalized spacial score (nSPS) is 27.0. The third-order valence-corrected chi connectivity index (χ3v) is 7.99. The third-order valence-electron chi connectivity index (χ3n) is 4.71. The number of sulfonamides is 1. The monoisotopic (exact) mass is 372 g/mol. The van der Waals surface area contributed by atoms with Crippen molar-refractivity contribution in [3.8, 4) is 0 Å². The van der Waals surface area contributed by atoms with Crippen molar-refractivity contribution in [3.63, 3.8) is 0 Å². The van der Waals surface area contributed by atoms with Crippen LogP contribution in [0.15, 0.2) is 21.7 Å². The molecule has 3 atom stereocenters. The standard InChI is InChI=1S/C16H24N2O4S2/c1-12(14-7-4-10-22-14)17-16(19)13-6-2-3-9-18(13)24(20,21)15-8-5-11-23-15/h5,8,11-14H,2-4,6-7,9-10H2,1H3,(H,17,19)/t12-,13-,14-/m0/s1. The van der Waals surface area contributed by atoms with Crippen molar-refractivity contribution < 1.29 is 17.9 Å². The summed E-state index contributed by atoms with van der Waals surface area (Å²) < 4.78 is 33.0. The number of carbonyl (C=O) groups excluding carboxylic acids is 1. The SMILES string of the molecule is C[C@H](NC(=O)[C@@H]1CCCCN1S(=O)(=O)c1cccs1)[C@@H]1CCCO1. The molecule has 0 unspecified atom stereocenters. The molecule has 1 aromatic rings. The first-order valence-corrected chi connectivity index (χ1v) is 10.8. The molecule has 24 heavy (non-hydrogen) atoms. The molecule has 1 N–H and O–H groups in total. The number of nitrogens with one attached hydrogen (secondary N) is 1. The van der Waals surface area contributed by atoms with Crippen LogP contribution in [0.1, 0.15) is 39.0 Å². The third kappa shape index (κ3) is 3.66. The van der Waals surface area contributed by atoms with Gasteiger partial charge in [-0.1, -0.05) is 12.5 Å². The number of carbonyl (C=O) groups is 1. The Morgan fingerprint density at radius 2 is 2.21 bits per heavy atom. The summed E-state index contributed by atoms with van der Waals surface area (Å²) in [7, 11) is -3.61. The van der Waals surface area contributed by atoms with E-state index in [0.29, 0.717) is 17.2 Å². The number of rotatable bonds is 5. The second-order valence-corrected chi connectivity index (χ2v) is 9.47. The zero-order valence-corrected chi connectivity index (χ0v) is 15.4. The molecule has 2 saturated heterocycles. The molecule has 8 heteroatoms. The summed E-state index contributed by atoms with van der Waals surface area (Å²) in [6, 6.07) is 2.58. The number of nitrogens with zero attached hydrogens (tertiary/aromatic N) is 1. The molecule has 1 aromatic heterocycles. The van der Waals surface area contributed by atoms with Gasteiger partial charge in [0.15, 0.2) is 0 Å². The highest BCUT2D eigenvalue weighted by Gasteiger charge is 2.39. The molecule has 0 aromatic carbocycles. The highest BCUT2D eigenvalue weighted by Crippen LogP contribution is 2.28. The highest BCUT2D eigenvalue weighted by atomic mass is 32.2. The van der Waals surface area contributed by atoms with Gasteiger partial charge >= 0.3 is 0 Å². The first-order valence-electron chi connectivity index (χ1n) is 8.47. The zero-order chi connectivity index (χ0) is 17.2. The summed E-state index contributed by atoms with van der Waals surface area (Å²) in [5.74, 6) is -0.210. The van der Waals surface area contributed by atoms with E-state index in [1.165, 1.54) is 15.6 Å². The lowest BCUT2D eigenvalue weighted by atomic mass is 10.0. The maximum Gasteiger partial charge on any atom is 0.253 e. The van der Waals surface area contributed by atoms with Crippen molar-refractivity contribution in [2.75, 3.05) is 13.2 Å². The molecule has 0 bridgehead atoms. The van der Waals surface area contributed by atoms with Crippen molar-refractivity contribution in [3.05, 3.63) is 17.5 Å². The molecule has 3 heterocycles. The fourth-order valence-corrected chi connectivity index (χ4v) is 6.17. The zero-order valence-electron chi connectivity index (χ0n) is 13.8. The Kier molecular flexibility index (Phi) is 5.59. The van der Waals surface area contributed by atoms with Crippen LogP contribution in [0.5, 0.6) is 0 Å². The van der Waals surface area contributed by atoms with Crippen molar-refractivity contribution in [1.82, 2.24) is 9.62 Å². The van der Waals surface area contributed by atoms with Gasteiger partial charge < -0.3 is 10.1 Å². The van der Waals surface area contributed by atoms with Crippen LogP contribution < -0.4 is 5.32 Å². The molecular formula is C16H24N2O4S2. The summed E-state index contributed by atoms with van der Waals surface area (Å²) in [5, 5.41) is 4.71. The van der Waals surface area contributed by atoms with Gasteiger partial charge in [0.25, 0.3) is 10.0 Å². The number of amides is 1. The van der Waals surface area contributed by atoms with Crippen LogP contribution in [0.3, 0.4) is 0 Å². The quantitative estimate of drug-likeness (QED) is 0.857. The van der Waals surface area contributed by atoms with Gasteiger partial charge in [0.05, 0.1) is 12.1 Å². The molecule has 0 aliphatic carbocycles. The van der Waals surface area contributed by atoms with Crippen LogP contribution in [0.2, 0.25) is 0 Å². The minimum Gasteiger partial charge on any atom is -0.376 e. The topological polar surface area (TPSA) is 75.7 Å². The second-order valence-electron chi connectivity index (χ2n) is 6.41. The van der Waals surface area contributed by atoms with Crippen molar-refractivity contribution >= 4 is 27.3 Å². The Balaban J connectivity index is 1.73. The molecule has 134 valence electrons. The molecule has 2 fully saturated rings. The summed E-state index contributed by atoms with van der Waals surface area (Å²) in [6.07, 6.45) is 4.18. The summed E-state index contributed by atoms with van der Waals surface area (Å²) in [5.41, 5.74) is 0. The van der Waals surface area contributed by atoms with E-state index in [9.17, 15) is 13.2 Å². The Hall–Kier alpha value is -0.960. The van der Waals surface area contributed by atoms with Gasteiger partial charge in [0.2, 0.25) is 5.91 Å². The Morgan fingerprint density at radius 3 is 2.88 bits per heavy atom. The minimum absolute atomic E-state index is 0.0277. The molecular weight excluding hydrogens is 348 g/mol. The maximum atomic E-state index is 12.8. The number of thiophene rings is 1. The van der Waals surface area contributed by atoms with Crippen molar-refractivity contribution in [1.29, 1.82) is 0 Å². The maximum absolute atomic E-state index is 12.8. The molecule has 0 saturated carbocycles. The molecule has 0 radical (unpaired) electrons. The van der Waals surface area contributed by atoms with Gasteiger partial charge in [0, 0.05) is 13.2 Å². The van der Waals surface area contributed by atoms with Crippen molar-refractivity contribution in [2.24, 2.45) is 0 Å². The number of hydrogen-bond acceptors (Lipinski definition) is 5. The van der Waals surface area contributed by atoms with Gasteiger partial charge in [0.1, 0.15) is 10.3 Å². The molecule has 2 aliphatic rings. The van der Waals surface area contributed by atoms with Gasteiger partial charge in [-0.05, 0) is 44.1 Å². The lowest BCUT2D eigenvalue weighted by Gasteiger charge is -2.34. The van der Waals surface area contributed by atoms with Crippen molar-refractivity contribution in [2.45, 2.75) is 61.4 Å². The van der Waals surface area contributed by atoms with Crippen LogP contribution in [-0.4, -0.2) is 50.0 Å². The molecule has 3 rings (SSSR count). The number of ether oxygens (including phenoxy) is 1. The van der Waals surface area contributed by atoms with E-state index < -0.39 is 16.1 Å². The van der Waals surface area contributed by atoms with Gasteiger partial charge in [-0.3, -0.25) is 4.79 Å². The van der Waals surface area contributed by atoms with Gasteiger partial charge in [-0.15, -0.1) is 11.3 Å². The first kappa shape index (κ1) is 17.8. The van der Waals surface area contributed by atoms with E-state index in [2.05, 4.69) is 5.32 Å². The Labute approximate surface area is 147 Å². The number of hydrogen-bond donors (Lipinski definition) is 1.